The van der Waals surface area contributed by atoms with Gasteiger partial charge in [-0.3, -0.25) is 0 Å². The minimum Gasteiger partial charge on any atom is -0.323 e. The summed E-state index contributed by atoms with van der Waals surface area (Å²) in [5, 5.41) is 0.437. The molecule has 1 aromatic carbocycles. The minimum atomic E-state index is -0.316. The lowest BCUT2D eigenvalue weighted by Crippen LogP contribution is -2.07. The summed E-state index contributed by atoms with van der Waals surface area (Å²) < 4.78 is 13.0. The van der Waals surface area contributed by atoms with Gasteiger partial charge in [0.05, 0.1) is 5.02 Å². The Balaban J connectivity index is 2.29. The highest BCUT2D eigenvalue weighted by molar-refractivity contribution is 7.15. The molecule has 0 saturated carbocycles. The first-order chi connectivity index (χ1) is 8.61. The van der Waals surface area contributed by atoms with Crippen LogP contribution in [0.4, 0.5) is 4.39 Å². The van der Waals surface area contributed by atoms with Crippen molar-refractivity contribution in [1.82, 2.24) is 0 Å². The van der Waals surface area contributed by atoms with Crippen molar-refractivity contribution in [2.75, 3.05) is 0 Å². The van der Waals surface area contributed by atoms with Gasteiger partial charge in [-0.2, -0.15) is 0 Å². The molecule has 0 amide bonds. The third-order valence-electron chi connectivity index (χ3n) is 2.79. The summed E-state index contributed by atoms with van der Waals surface area (Å²) in [6.07, 6.45) is 2.03. The molecule has 0 saturated heterocycles. The van der Waals surface area contributed by atoms with Gasteiger partial charge in [-0.15, -0.1) is 11.3 Å². The summed E-state index contributed by atoms with van der Waals surface area (Å²) in [5.74, 6) is -0.316. The number of benzene rings is 1. The molecule has 2 rings (SSSR count). The van der Waals surface area contributed by atoms with Gasteiger partial charge in [0, 0.05) is 21.4 Å². The second kappa shape index (κ2) is 5.83. The van der Waals surface area contributed by atoms with Crippen LogP contribution in [0.1, 0.15) is 30.7 Å². The summed E-state index contributed by atoms with van der Waals surface area (Å²) in [4.78, 5) is 2.17. The Labute approximate surface area is 115 Å². The lowest BCUT2D eigenvalue weighted by molar-refractivity contribution is 0.628. The Bertz CT molecular complexity index is 538. The molecule has 0 aliphatic carbocycles. The molecule has 2 N–H and O–H groups in total. The Morgan fingerprint density at radius 1 is 1.33 bits per heavy atom. The molecular weight excluding hydrogens is 269 g/mol. The molecule has 1 aromatic heterocycles. The molecule has 1 heterocycles. The van der Waals surface area contributed by atoms with Crippen molar-refractivity contribution < 1.29 is 4.39 Å². The molecule has 0 aliphatic heterocycles. The lowest BCUT2D eigenvalue weighted by atomic mass is 10.1. The van der Waals surface area contributed by atoms with Gasteiger partial charge in [-0.05, 0) is 36.8 Å². The van der Waals surface area contributed by atoms with E-state index in [1.165, 1.54) is 12.1 Å². The highest BCUT2D eigenvalue weighted by Gasteiger charge is 2.11. The average Bonchev–Trinajstić information content (AvgIpc) is 2.78. The van der Waals surface area contributed by atoms with E-state index in [4.69, 9.17) is 17.3 Å². The van der Waals surface area contributed by atoms with Crippen LogP contribution in [-0.4, -0.2) is 0 Å². The van der Waals surface area contributed by atoms with Gasteiger partial charge in [0.25, 0.3) is 0 Å². The van der Waals surface area contributed by atoms with Crippen LogP contribution in [0.5, 0.6) is 0 Å². The standard InChI is InChI=1S/C14H15ClFNS/c1-2-3-12(17)14-7-6-13(18-14)10-5-4-9(16)8-11(10)15/h4-8,12H,2-3,17H2,1H3. The quantitative estimate of drug-likeness (QED) is 0.839. The third-order valence-corrected chi connectivity index (χ3v) is 4.35. The highest BCUT2D eigenvalue weighted by Crippen LogP contribution is 2.36. The molecule has 0 spiro atoms. The second-order valence-corrected chi connectivity index (χ2v) is 5.74. The van der Waals surface area contributed by atoms with E-state index in [-0.39, 0.29) is 11.9 Å². The summed E-state index contributed by atoms with van der Waals surface area (Å²) in [6, 6.07) is 8.57. The van der Waals surface area contributed by atoms with Crippen molar-refractivity contribution in [3.63, 3.8) is 0 Å². The minimum absolute atomic E-state index is 0.0768. The first-order valence-corrected chi connectivity index (χ1v) is 7.12. The van der Waals surface area contributed by atoms with E-state index in [1.54, 1.807) is 17.4 Å². The van der Waals surface area contributed by atoms with E-state index in [0.29, 0.717) is 5.02 Å². The maximum atomic E-state index is 13.0. The highest BCUT2D eigenvalue weighted by atomic mass is 35.5. The third kappa shape index (κ3) is 2.91. The monoisotopic (exact) mass is 283 g/mol. The van der Waals surface area contributed by atoms with Crippen molar-refractivity contribution in [2.24, 2.45) is 5.73 Å². The topological polar surface area (TPSA) is 26.0 Å². The fourth-order valence-corrected chi connectivity index (χ4v) is 3.25. The fraction of sp³-hybridized carbons (Fsp3) is 0.286. The number of halogens is 2. The zero-order chi connectivity index (χ0) is 13.1. The number of thiophene rings is 1. The molecule has 0 radical (unpaired) electrons. The maximum Gasteiger partial charge on any atom is 0.124 e. The predicted molar refractivity (Wildman–Crippen MR) is 76.6 cm³/mol. The summed E-state index contributed by atoms with van der Waals surface area (Å²) >= 11 is 7.67. The normalized spacial score (nSPS) is 12.7. The van der Waals surface area contributed by atoms with Gasteiger partial charge >= 0.3 is 0 Å². The predicted octanol–water partition coefficient (Wildman–Crippen LogP) is 5.01. The smallest absolute Gasteiger partial charge is 0.124 e. The molecule has 96 valence electrons. The van der Waals surface area contributed by atoms with Crippen LogP contribution >= 0.6 is 22.9 Å². The first-order valence-electron chi connectivity index (χ1n) is 5.92. The van der Waals surface area contributed by atoms with E-state index in [2.05, 4.69) is 6.92 Å². The van der Waals surface area contributed by atoms with Crippen LogP contribution < -0.4 is 5.73 Å². The molecule has 18 heavy (non-hydrogen) atoms. The van der Waals surface area contributed by atoms with Crippen LogP contribution in [0.15, 0.2) is 30.3 Å². The molecule has 1 unspecified atom stereocenters. The number of nitrogens with two attached hydrogens (primary N) is 1. The second-order valence-electron chi connectivity index (χ2n) is 4.22. The summed E-state index contributed by atoms with van der Waals surface area (Å²) in [5.41, 5.74) is 6.94. The van der Waals surface area contributed by atoms with Gasteiger partial charge in [0.15, 0.2) is 0 Å². The van der Waals surface area contributed by atoms with Crippen LogP contribution in [0.2, 0.25) is 5.02 Å². The molecule has 0 fully saturated rings. The van der Waals surface area contributed by atoms with E-state index < -0.39 is 0 Å². The summed E-state index contributed by atoms with van der Waals surface area (Å²) in [6.45, 7) is 2.12. The fourth-order valence-electron chi connectivity index (χ4n) is 1.84. The van der Waals surface area contributed by atoms with Crippen LogP contribution in [0.25, 0.3) is 10.4 Å². The van der Waals surface area contributed by atoms with Crippen LogP contribution in [0, 0.1) is 5.82 Å². The maximum absolute atomic E-state index is 13.0. The van der Waals surface area contributed by atoms with Gasteiger partial charge in [-0.1, -0.05) is 24.9 Å². The van der Waals surface area contributed by atoms with Crippen molar-refractivity contribution >= 4 is 22.9 Å². The molecular formula is C14H15ClFNS. The van der Waals surface area contributed by atoms with E-state index in [1.807, 2.05) is 12.1 Å². The summed E-state index contributed by atoms with van der Waals surface area (Å²) in [7, 11) is 0. The Kier molecular flexibility index (Phi) is 4.38. The molecule has 4 heteroatoms. The number of hydrogen-bond donors (Lipinski definition) is 1. The van der Waals surface area contributed by atoms with Gasteiger partial charge in [-0.25, -0.2) is 4.39 Å². The largest absolute Gasteiger partial charge is 0.323 e. The number of hydrogen-bond acceptors (Lipinski definition) is 2. The van der Waals surface area contributed by atoms with E-state index in [9.17, 15) is 4.39 Å². The van der Waals surface area contributed by atoms with Gasteiger partial charge in [0.1, 0.15) is 5.82 Å². The van der Waals surface area contributed by atoms with Gasteiger partial charge < -0.3 is 5.73 Å². The Hall–Kier alpha value is -0.900. The Morgan fingerprint density at radius 2 is 2.11 bits per heavy atom. The van der Waals surface area contributed by atoms with Gasteiger partial charge in [0.2, 0.25) is 0 Å². The first kappa shape index (κ1) is 13.5. The molecule has 0 bridgehead atoms. The SMILES string of the molecule is CCCC(N)c1ccc(-c2ccc(F)cc2Cl)s1. The zero-order valence-corrected chi connectivity index (χ0v) is 11.7. The van der Waals surface area contributed by atoms with Crippen LogP contribution in [-0.2, 0) is 0 Å². The van der Waals surface area contributed by atoms with Crippen molar-refractivity contribution in [3.8, 4) is 10.4 Å². The average molecular weight is 284 g/mol. The van der Waals surface area contributed by atoms with Crippen molar-refractivity contribution in [2.45, 2.75) is 25.8 Å². The number of rotatable bonds is 4. The van der Waals surface area contributed by atoms with E-state index >= 15 is 0 Å². The Morgan fingerprint density at radius 3 is 2.78 bits per heavy atom. The van der Waals surface area contributed by atoms with Crippen LogP contribution in [0.3, 0.4) is 0 Å². The van der Waals surface area contributed by atoms with Crippen molar-refractivity contribution in [3.05, 3.63) is 46.0 Å². The molecule has 1 atom stereocenters. The van der Waals surface area contributed by atoms with Crippen molar-refractivity contribution in [1.29, 1.82) is 0 Å². The van der Waals surface area contributed by atoms with E-state index in [0.717, 1.165) is 28.2 Å². The molecule has 2 aromatic rings. The molecule has 1 nitrogen and oxygen atoms in total. The molecule has 0 aliphatic rings. The lowest BCUT2D eigenvalue weighted by Gasteiger charge is -2.06. The zero-order valence-electron chi connectivity index (χ0n) is 10.1.